The zero-order valence-electron chi connectivity index (χ0n) is 18.8. The van der Waals surface area contributed by atoms with Crippen molar-refractivity contribution in [2.45, 2.75) is 32.9 Å². The van der Waals surface area contributed by atoms with Crippen LogP contribution in [-0.2, 0) is 13.0 Å². The van der Waals surface area contributed by atoms with E-state index < -0.39 is 11.7 Å². The fourth-order valence-electron chi connectivity index (χ4n) is 3.99. The number of carbonyl (C=O) groups excluding carboxylic acids is 1. The molecule has 1 aliphatic rings. The van der Waals surface area contributed by atoms with Crippen molar-refractivity contribution in [1.82, 2.24) is 29.7 Å². The lowest BCUT2D eigenvalue weighted by Crippen LogP contribution is -2.32. The minimum atomic E-state index is -0.566. The number of carbonyl (C=O) groups is 1. The number of pyridine rings is 1. The Balaban J connectivity index is 1.38. The van der Waals surface area contributed by atoms with Crippen molar-refractivity contribution in [3.8, 4) is 11.5 Å². The van der Waals surface area contributed by atoms with Crippen LogP contribution in [0.1, 0.15) is 41.4 Å². The summed E-state index contributed by atoms with van der Waals surface area (Å²) in [6, 6.07) is 10.2. The fraction of sp³-hybridized carbons (Fsp3) is 0.250. The first-order chi connectivity index (χ1) is 16.5. The van der Waals surface area contributed by atoms with Crippen LogP contribution in [-0.4, -0.2) is 42.2 Å². The predicted octanol–water partition coefficient (Wildman–Crippen LogP) is 3.67. The van der Waals surface area contributed by atoms with Gasteiger partial charge in [0.15, 0.2) is 5.82 Å². The molecule has 1 N–H and O–H groups in total. The van der Waals surface area contributed by atoms with Gasteiger partial charge in [-0.25, -0.2) is 19.3 Å². The zero-order chi connectivity index (χ0) is 23.7. The highest BCUT2D eigenvalue weighted by Crippen LogP contribution is 2.26. The van der Waals surface area contributed by atoms with Gasteiger partial charge in [-0.05, 0) is 61.7 Å². The summed E-state index contributed by atoms with van der Waals surface area (Å²) in [5, 5.41) is 10.8. The highest BCUT2D eigenvalue weighted by atomic mass is 19.1. The number of nitrogens with zero attached hydrogens (tertiary/aromatic N) is 7. The molecule has 10 heteroatoms. The van der Waals surface area contributed by atoms with Gasteiger partial charge in [0.2, 0.25) is 5.95 Å². The normalized spacial score (nSPS) is 13.1. The predicted molar refractivity (Wildman–Crippen MR) is 125 cm³/mol. The lowest BCUT2D eigenvalue weighted by molar-refractivity contribution is 0.102. The molecule has 0 bridgehead atoms. The van der Waals surface area contributed by atoms with E-state index in [9.17, 15) is 9.18 Å². The Morgan fingerprint density at radius 1 is 1.12 bits per heavy atom. The van der Waals surface area contributed by atoms with Crippen molar-refractivity contribution in [3.63, 3.8) is 0 Å². The van der Waals surface area contributed by atoms with Gasteiger partial charge in [-0.15, -0.1) is 10.2 Å². The van der Waals surface area contributed by atoms with Gasteiger partial charge < -0.3 is 14.8 Å². The molecule has 0 unspecified atom stereocenters. The van der Waals surface area contributed by atoms with Crippen LogP contribution in [0.4, 0.5) is 16.2 Å². The summed E-state index contributed by atoms with van der Waals surface area (Å²) in [4.78, 5) is 28.1. The Morgan fingerprint density at radius 2 is 1.94 bits per heavy atom. The molecule has 9 nitrogen and oxygen atoms in total. The van der Waals surface area contributed by atoms with Crippen molar-refractivity contribution in [1.29, 1.82) is 0 Å². The van der Waals surface area contributed by atoms with Crippen molar-refractivity contribution in [2.24, 2.45) is 0 Å². The van der Waals surface area contributed by atoms with E-state index >= 15 is 0 Å². The van der Waals surface area contributed by atoms with Crippen molar-refractivity contribution in [3.05, 3.63) is 77.6 Å². The number of nitrogens with one attached hydrogen (secondary N) is 1. The van der Waals surface area contributed by atoms with Crippen molar-refractivity contribution in [2.75, 3.05) is 16.8 Å². The lowest BCUT2D eigenvalue weighted by atomic mass is 9.96. The van der Waals surface area contributed by atoms with E-state index in [1.54, 1.807) is 49.1 Å². The Labute approximate surface area is 195 Å². The summed E-state index contributed by atoms with van der Waals surface area (Å²) in [7, 11) is 0. The van der Waals surface area contributed by atoms with Crippen LogP contribution in [0.2, 0.25) is 0 Å². The molecule has 0 saturated heterocycles. The van der Waals surface area contributed by atoms with E-state index in [2.05, 4.69) is 30.5 Å². The van der Waals surface area contributed by atoms with Gasteiger partial charge in [-0.1, -0.05) is 6.07 Å². The average Bonchev–Trinajstić information content (AvgIpc) is 3.35. The quantitative estimate of drug-likeness (QED) is 0.487. The topological polar surface area (TPSA) is 102 Å². The summed E-state index contributed by atoms with van der Waals surface area (Å²) >= 11 is 0. The van der Waals surface area contributed by atoms with Crippen molar-refractivity contribution >= 4 is 17.7 Å². The molecule has 0 spiro atoms. The van der Waals surface area contributed by atoms with Crippen molar-refractivity contribution < 1.29 is 9.18 Å². The maximum absolute atomic E-state index is 14.9. The molecule has 4 aromatic rings. The number of rotatable bonds is 5. The third kappa shape index (κ3) is 4.21. The van der Waals surface area contributed by atoms with E-state index in [-0.39, 0.29) is 11.6 Å². The van der Waals surface area contributed by atoms with E-state index in [1.165, 1.54) is 6.07 Å². The molecule has 0 saturated carbocycles. The summed E-state index contributed by atoms with van der Waals surface area (Å²) < 4.78 is 16.7. The zero-order valence-corrected chi connectivity index (χ0v) is 18.8. The number of hydrogen-bond acceptors (Lipinski definition) is 7. The molecule has 5 rings (SSSR count). The third-order valence-corrected chi connectivity index (χ3v) is 5.73. The highest BCUT2D eigenvalue weighted by molar-refractivity contribution is 6.04. The Morgan fingerprint density at radius 3 is 2.74 bits per heavy atom. The van der Waals surface area contributed by atoms with E-state index in [1.807, 2.05) is 23.3 Å². The first-order valence-corrected chi connectivity index (χ1v) is 11.0. The number of amides is 1. The largest absolute Gasteiger partial charge is 0.336 e. The van der Waals surface area contributed by atoms with Gasteiger partial charge in [-0.3, -0.25) is 4.79 Å². The average molecular weight is 459 g/mol. The highest BCUT2D eigenvalue weighted by Gasteiger charge is 2.23. The van der Waals surface area contributed by atoms with E-state index in [0.29, 0.717) is 42.8 Å². The molecular weight excluding hydrogens is 435 g/mol. The molecule has 1 amide bonds. The minimum absolute atomic E-state index is 0.0351. The van der Waals surface area contributed by atoms with Gasteiger partial charge in [0.25, 0.3) is 5.91 Å². The van der Waals surface area contributed by atoms with Crippen LogP contribution in [0.5, 0.6) is 0 Å². The summed E-state index contributed by atoms with van der Waals surface area (Å²) in [6.45, 7) is 5.21. The molecule has 0 radical (unpaired) electrons. The van der Waals surface area contributed by atoms with Gasteiger partial charge in [-0.2, -0.15) is 0 Å². The number of halogens is 1. The summed E-state index contributed by atoms with van der Waals surface area (Å²) in [5.74, 6) is 0.380. The molecule has 1 aromatic carbocycles. The molecule has 3 aromatic heterocycles. The number of hydrogen-bond donors (Lipinski definition) is 1. The van der Waals surface area contributed by atoms with Crippen LogP contribution in [0.15, 0.2) is 55.1 Å². The number of anilines is 2. The van der Waals surface area contributed by atoms with Gasteiger partial charge in [0.05, 0.1) is 5.56 Å². The monoisotopic (exact) mass is 458 g/mol. The smallest absolute Gasteiger partial charge is 0.259 e. The maximum atomic E-state index is 14.9. The van der Waals surface area contributed by atoms with Gasteiger partial charge >= 0.3 is 0 Å². The standard InChI is InChI=1S/C24H23FN8O/c1-15(2)33-14-28-31-22(33)20-5-3-6-21(29-20)30-23(34)18-11-17-13-32(24-26-8-4-9-27-24)10-7-16(17)12-19(18)25/h3-6,8-9,11-12,14-15H,7,10,13H2,1-2H3,(H,29,30,34). The van der Waals surface area contributed by atoms with Gasteiger partial charge in [0, 0.05) is 31.5 Å². The Kier molecular flexibility index (Phi) is 5.70. The number of aromatic nitrogens is 6. The lowest BCUT2D eigenvalue weighted by Gasteiger charge is -2.29. The summed E-state index contributed by atoms with van der Waals surface area (Å²) in [6.07, 6.45) is 5.66. The van der Waals surface area contributed by atoms with Crippen LogP contribution < -0.4 is 10.2 Å². The molecule has 0 aliphatic carbocycles. The van der Waals surface area contributed by atoms with E-state index in [0.717, 1.165) is 11.1 Å². The number of benzene rings is 1. The second-order valence-electron chi connectivity index (χ2n) is 8.34. The minimum Gasteiger partial charge on any atom is -0.336 e. The maximum Gasteiger partial charge on any atom is 0.259 e. The second-order valence-corrected chi connectivity index (χ2v) is 8.34. The van der Waals surface area contributed by atoms with Crippen LogP contribution in [0, 0.1) is 5.82 Å². The van der Waals surface area contributed by atoms with E-state index in [4.69, 9.17) is 0 Å². The summed E-state index contributed by atoms with van der Waals surface area (Å²) in [5.41, 5.74) is 2.28. The Hall–Kier alpha value is -4.21. The number of fused-ring (bicyclic) bond motifs is 1. The molecule has 0 atom stereocenters. The third-order valence-electron chi connectivity index (χ3n) is 5.73. The molecule has 1 aliphatic heterocycles. The molecular formula is C24H23FN8O. The second kappa shape index (κ2) is 8.97. The molecule has 34 heavy (non-hydrogen) atoms. The molecule has 172 valence electrons. The van der Waals surface area contributed by atoms with Crippen LogP contribution in [0.3, 0.4) is 0 Å². The fourth-order valence-corrected chi connectivity index (χ4v) is 3.99. The van der Waals surface area contributed by atoms with Gasteiger partial charge in [0.1, 0.15) is 23.7 Å². The SMILES string of the molecule is CC(C)n1cnnc1-c1cccc(NC(=O)c2cc3c(cc2F)CCN(c2ncccn2)C3)n1. The van der Waals surface area contributed by atoms with Crippen LogP contribution in [0.25, 0.3) is 11.5 Å². The molecule has 4 heterocycles. The molecule has 0 fully saturated rings. The first-order valence-electron chi connectivity index (χ1n) is 11.0. The van der Waals surface area contributed by atoms with Crippen LogP contribution >= 0.6 is 0 Å². The Bertz CT molecular complexity index is 1340. The first kappa shape index (κ1) is 21.6.